The Bertz CT molecular complexity index is 1150. The monoisotopic (exact) mass is 525 g/mol. The molecule has 0 bridgehead atoms. The number of hydrogen-bond acceptors (Lipinski definition) is 8. The molecule has 1 aromatic heterocycles. The number of rotatable bonds is 7. The maximum Gasteiger partial charge on any atom is 0.410 e. The first-order valence-electron chi connectivity index (χ1n) is 13.1. The number of nitrogens with one attached hydrogen (secondary N) is 3. The van der Waals surface area contributed by atoms with E-state index in [0.29, 0.717) is 30.4 Å². The van der Waals surface area contributed by atoms with Gasteiger partial charge in [-0.3, -0.25) is 4.79 Å². The Labute approximate surface area is 226 Å². The minimum absolute atomic E-state index is 0.0318. The standard InChI is InChI=1S/C28H43N7O3/c1-18-10-11-19(24(36)29-8)14-21(18)31-25-32-22(15-23(33-25)34(9)17-27(2,3)4)30-20-12-13-35(16-20)26(37)38-28(5,6)7/h10-11,14-15,20H,12-13,16-17H2,1-9H3,(H,29,36)(H2,30,31,32,33). The molecule has 1 fully saturated rings. The molecule has 0 radical (unpaired) electrons. The van der Waals surface area contributed by atoms with Crippen LogP contribution < -0.4 is 20.9 Å². The van der Waals surface area contributed by atoms with Gasteiger partial charge < -0.3 is 30.5 Å². The van der Waals surface area contributed by atoms with Crippen LogP contribution in [-0.4, -0.2) is 72.2 Å². The maximum absolute atomic E-state index is 12.5. The van der Waals surface area contributed by atoms with E-state index < -0.39 is 5.60 Å². The van der Waals surface area contributed by atoms with Crippen LogP contribution >= 0.6 is 0 Å². The molecule has 10 nitrogen and oxygen atoms in total. The summed E-state index contributed by atoms with van der Waals surface area (Å²) < 4.78 is 5.54. The lowest BCUT2D eigenvalue weighted by molar-refractivity contribution is 0.0293. The molecular formula is C28H43N7O3. The second-order valence-electron chi connectivity index (χ2n) is 12.1. The third kappa shape index (κ3) is 8.22. The summed E-state index contributed by atoms with van der Waals surface area (Å²) in [7, 11) is 3.62. The molecule has 2 aromatic rings. The highest BCUT2D eigenvalue weighted by atomic mass is 16.6. The highest BCUT2D eigenvalue weighted by Gasteiger charge is 2.30. The molecule has 0 saturated carbocycles. The molecule has 1 aliphatic heterocycles. The van der Waals surface area contributed by atoms with Crippen LogP contribution in [0.25, 0.3) is 0 Å². The molecule has 10 heteroatoms. The number of aromatic nitrogens is 2. The number of aryl methyl sites for hydroxylation is 1. The second kappa shape index (κ2) is 11.4. The van der Waals surface area contributed by atoms with Gasteiger partial charge in [-0.15, -0.1) is 0 Å². The molecule has 3 N–H and O–H groups in total. The SMILES string of the molecule is CNC(=O)c1ccc(C)c(Nc2nc(NC3CCN(C(=O)OC(C)(C)C)C3)cc(N(C)CC(C)(C)C)n2)c1. The Morgan fingerprint density at radius 1 is 1.13 bits per heavy atom. The summed E-state index contributed by atoms with van der Waals surface area (Å²) in [5, 5.41) is 9.47. The highest BCUT2D eigenvalue weighted by molar-refractivity contribution is 5.95. The average Bonchev–Trinajstić information content (AvgIpc) is 3.26. The van der Waals surface area contributed by atoms with E-state index in [9.17, 15) is 9.59 Å². The molecule has 1 atom stereocenters. The molecule has 2 heterocycles. The molecule has 1 aliphatic rings. The fraction of sp³-hybridized carbons (Fsp3) is 0.571. The Kier molecular flexibility index (Phi) is 8.74. The van der Waals surface area contributed by atoms with Gasteiger partial charge in [-0.25, -0.2) is 4.79 Å². The molecule has 0 aliphatic carbocycles. The van der Waals surface area contributed by atoms with Gasteiger partial charge >= 0.3 is 6.09 Å². The van der Waals surface area contributed by atoms with Gasteiger partial charge in [-0.05, 0) is 57.2 Å². The van der Waals surface area contributed by atoms with Crippen molar-refractivity contribution >= 4 is 35.3 Å². The van der Waals surface area contributed by atoms with E-state index in [4.69, 9.17) is 14.7 Å². The molecule has 1 saturated heterocycles. The van der Waals surface area contributed by atoms with Crippen LogP contribution in [0.2, 0.25) is 0 Å². The summed E-state index contributed by atoms with van der Waals surface area (Å²) in [6.45, 7) is 16.1. The Balaban J connectivity index is 1.86. The molecular weight excluding hydrogens is 482 g/mol. The van der Waals surface area contributed by atoms with Gasteiger partial charge in [0, 0.05) is 57.1 Å². The molecule has 208 valence electrons. The Morgan fingerprint density at radius 2 is 1.84 bits per heavy atom. The van der Waals surface area contributed by atoms with Gasteiger partial charge in [0.2, 0.25) is 5.95 Å². The smallest absolute Gasteiger partial charge is 0.410 e. The number of benzene rings is 1. The van der Waals surface area contributed by atoms with E-state index in [1.165, 1.54) is 0 Å². The van der Waals surface area contributed by atoms with Gasteiger partial charge in [0.05, 0.1) is 0 Å². The molecule has 0 spiro atoms. The van der Waals surface area contributed by atoms with Crippen LogP contribution in [0.3, 0.4) is 0 Å². The molecule has 1 aromatic carbocycles. The molecule has 3 rings (SSSR count). The van der Waals surface area contributed by atoms with Gasteiger partial charge in [0.25, 0.3) is 5.91 Å². The summed E-state index contributed by atoms with van der Waals surface area (Å²) in [6.07, 6.45) is 0.482. The molecule has 1 unspecified atom stereocenters. The van der Waals surface area contributed by atoms with E-state index >= 15 is 0 Å². The minimum atomic E-state index is -0.532. The van der Waals surface area contributed by atoms with Crippen molar-refractivity contribution in [1.82, 2.24) is 20.2 Å². The van der Waals surface area contributed by atoms with Crippen LogP contribution in [0.1, 0.15) is 63.9 Å². The number of amides is 2. The van der Waals surface area contributed by atoms with Crippen molar-refractivity contribution in [2.24, 2.45) is 5.41 Å². The van der Waals surface area contributed by atoms with E-state index in [-0.39, 0.29) is 23.5 Å². The van der Waals surface area contributed by atoms with Crippen molar-refractivity contribution in [1.29, 1.82) is 0 Å². The van der Waals surface area contributed by atoms with Crippen LogP contribution in [0.15, 0.2) is 24.3 Å². The Hall–Kier alpha value is -3.56. The van der Waals surface area contributed by atoms with Gasteiger partial charge in [0.15, 0.2) is 0 Å². The van der Waals surface area contributed by atoms with Crippen molar-refractivity contribution in [3.05, 3.63) is 35.4 Å². The number of nitrogens with zero attached hydrogens (tertiary/aromatic N) is 4. The number of likely N-dealkylation sites (tertiary alicyclic amines) is 1. The van der Waals surface area contributed by atoms with Crippen molar-refractivity contribution in [2.75, 3.05) is 49.3 Å². The van der Waals surface area contributed by atoms with E-state index in [2.05, 4.69) is 41.6 Å². The fourth-order valence-corrected chi connectivity index (χ4v) is 4.29. The number of carbonyl (C=O) groups excluding carboxylic acids is 2. The second-order valence-corrected chi connectivity index (χ2v) is 12.1. The predicted octanol–water partition coefficient (Wildman–Crippen LogP) is 4.79. The summed E-state index contributed by atoms with van der Waals surface area (Å²) >= 11 is 0. The predicted molar refractivity (Wildman–Crippen MR) is 152 cm³/mol. The quantitative estimate of drug-likeness (QED) is 0.473. The van der Waals surface area contributed by atoms with E-state index in [1.807, 2.05) is 46.9 Å². The Morgan fingerprint density at radius 3 is 2.47 bits per heavy atom. The van der Waals surface area contributed by atoms with Gasteiger partial charge in [0.1, 0.15) is 17.2 Å². The number of hydrogen-bond donors (Lipinski definition) is 3. The van der Waals surface area contributed by atoms with Crippen molar-refractivity contribution in [2.45, 2.75) is 66.5 Å². The molecule has 2 amide bonds. The zero-order chi connectivity index (χ0) is 28.3. The zero-order valence-electron chi connectivity index (χ0n) is 24.2. The highest BCUT2D eigenvalue weighted by Crippen LogP contribution is 2.27. The average molecular weight is 526 g/mol. The van der Waals surface area contributed by atoms with E-state index in [1.54, 1.807) is 24.1 Å². The third-order valence-corrected chi connectivity index (χ3v) is 5.98. The largest absolute Gasteiger partial charge is 0.444 e. The third-order valence-electron chi connectivity index (χ3n) is 5.98. The number of ether oxygens (including phenoxy) is 1. The lowest BCUT2D eigenvalue weighted by Gasteiger charge is -2.28. The summed E-state index contributed by atoms with van der Waals surface area (Å²) in [6, 6.07) is 7.44. The first kappa shape index (κ1) is 29.0. The van der Waals surface area contributed by atoms with Gasteiger partial charge in [-0.1, -0.05) is 26.8 Å². The fourth-order valence-electron chi connectivity index (χ4n) is 4.29. The van der Waals surface area contributed by atoms with E-state index in [0.717, 1.165) is 30.0 Å². The first-order valence-corrected chi connectivity index (χ1v) is 13.1. The zero-order valence-corrected chi connectivity index (χ0v) is 24.2. The maximum atomic E-state index is 12.5. The number of carbonyl (C=O) groups is 2. The lowest BCUT2D eigenvalue weighted by atomic mass is 9.96. The lowest BCUT2D eigenvalue weighted by Crippen LogP contribution is -2.36. The summed E-state index contributed by atoms with van der Waals surface area (Å²) in [5.74, 6) is 1.69. The van der Waals surface area contributed by atoms with Crippen LogP contribution in [0, 0.1) is 12.3 Å². The first-order chi connectivity index (χ1) is 17.6. The van der Waals surface area contributed by atoms with Crippen LogP contribution in [0.4, 0.5) is 28.1 Å². The van der Waals surface area contributed by atoms with Crippen molar-refractivity contribution in [3.63, 3.8) is 0 Å². The summed E-state index contributed by atoms with van der Waals surface area (Å²) in [4.78, 5) is 38.1. The van der Waals surface area contributed by atoms with Crippen LogP contribution in [-0.2, 0) is 4.74 Å². The van der Waals surface area contributed by atoms with Gasteiger partial charge in [-0.2, -0.15) is 9.97 Å². The normalized spacial score (nSPS) is 15.7. The summed E-state index contributed by atoms with van der Waals surface area (Å²) in [5.41, 5.74) is 1.81. The minimum Gasteiger partial charge on any atom is -0.444 e. The van der Waals surface area contributed by atoms with Crippen molar-refractivity contribution in [3.8, 4) is 0 Å². The number of anilines is 4. The molecule has 38 heavy (non-hydrogen) atoms. The van der Waals surface area contributed by atoms with Crippen molar-refractivity contribution < 1.29 is 14.3 Å². The van der Waals surface area contributed by atoms with Crippen LogP contribution in [0.5, 0.6) is 0 Å². The topological polar surface area (TPSA) is 112 Å².